The number of hydrogen-bond acceptors (Lipinski definition) is 10. The fraction of sp³-hybridized carbons (Fsp3) is 0.174. The van der Waals surface area contributed by atoms with Crippen LogP contribution in [0.1, 0.15) is 13.8 Å². The summed E-state index contributed by atoms with van der Waals surface area (Å²) in [4.78, 5) is 9.53. The summed E-state index contributed by atoms with van der Waals surface area (Å²) in [5.74, 6) is 5.13. The van der Waals surface area contributed by atoms with E-state index >= 15 is 0 Å². The number of oxazole rings is 2. The van der Waals surface area contributed by atoms with Crippen molar-refractivity contribution < 1.29 is 37.3 Å². The van der Waals surface area contributed by atoms with Crippen LogP contribution in [0.5, 0.6) is 34.5 Å². The normalized spacial score (nSPS) is 15.5. The molecule has 4 heterocycles. The maximum absolute atomic E-state index is 6.28. The smallest absolute Gasteiger partial charge is 0.227 e. The Morgan fingerprint density at radius 2 is 0.857 bits per heavy atom. The van der Waals surface area contributed by atoms with Gasteiger partial charge in [-0.15, -0.1) is 0 Å². The quantitative estimate of drug-likeness (QED) is 0.106. The SMILES string of the molecule is CC.c1cc(OCC2CO2)cc(Oc2cccc(-c3nc4ccc(-c5ccc6nc(-c7cccc(Oc8cccc(OCC9CO9)c8)c7)oc6c5)cc4o3)c2)c1. The van der Waals surface area contributed by atoms with E-state index < -0.39 is 0 Å². The fourth-order valence-electron chi connectivity index (χ4n) is 6.07. The van der Waals surface area contributed by atoms with Crippen molar-refractivity contribution in [2.75, 3.05) is 26.4 Å². The molecule has 56 heavy (non-hydrogen) atoms. The molecule has 2 unspecified atom stereocenters. The van der Waals surface area contributed by atoms with Gasteiger partial charge in [0.15, 0.2) is 11.2 Å². The van der Waals surface area contributed by atoms with E-state index in [-0.39, 0.29) is 12.2 Å². The first kappa shape index (κ1) is 35.1. The summed E-state index contributed by atoms with van der Waals surface area (Å²) in [7, 11) is 0. The van der Waals surface area contributed by atoms with E-state index in [0.29, 0.717) is 59.2 Å². The first-order valence-electron chi connectivity index (χ1n) is 18.7. The van der Waals surface area contributed by atoms with E-state index in [9.17, 15) is 0 Å². The zero-order valence-electron chi connectivity index (χ0n) is 30.8. The third kappa shape index (κ3) is 8.22. The molecular weight excluding hydrogens is 709 g/mol. The standard InChI is InChI=1S/C44H32N2O8.C2H6/c1-5-29(17-33(9-1)51-35-11-3-7-31(21-35)47-23-37-25-49-37)43-45-39-15-13-27(19-41(39)53-43)28-14-16-40-42(20-28)54-44(46-40)30-6-2-10-34(18-30)52-36-12-4-8-32(22-36)48-24-38-26-50-38;1-2/h1-22,37-38H,23-26H2;1-2H3. The van der Waals surface area contributed by atoms with Crippen LogP contribution in [0, 0.1) is 0 Å². The molecule has 2 aliphatic rings. The average molecular weight is 747 g/mol. The largest absolute Gasteiger partial charge is 0.491 e. The van der Waals surface area contributed by atoms with Gasteiger partial charge < -0.3 is 37.3 Å². The number of ether oxygens (including phenoxy) is 6. The number of epoxide rings is 2. The molecule has 2 saturated heterocycles. The van der Waals surface area contributed by atoms with Gasteiger partial charge >= 0.3 is 0 Å². The molecule has 10 nitrogen and oxygen atoms in total. The van der Waals surface area contributed by atoms with Crippen LogP contribution < -0.4 is 18.9 Å². The molecule has 0 spiro atoms. The molecular formula is C46H38N2O8. The molecule has 10 heteroatoms. The highest BCUT2D eigenvalue weighted by Gasteiger charge is 2.24. The summed E-state index contributed by atoms with van der Waals surface area (Å²) in [5, 5.41) is 0. The van der Waals surface area contributed by atoms with Gasteiger partial charge in [-0.25, -0.2) is 9.97 Å². The number of hydrogen-bond donors (Lipinski definition) is 0. The Balaban J connectivity index is 0.00000202. The van der Waals surface area contributed by atoms with Crippen LogP contribution in [0.3, 0.4) is 0 Å². The molecule has 6 aromatic carbocycles. The lowest BCUT2D eigenvalue weighted by atomic mass is 10.1. The molecule has 0 N–H and O–H groups in total. The van der Waals surface area contributed by atoms with E-state index in [0.717, 1.165) is 58.0 Å². The highest BCUT2D eigenvalue weighted by Crippen LogP contribution is 2.35. The van der Waals surface area contributed by atoms with Gasteiger partial charge in [0.05, 0.1) is 13.2 Å². The average Bonchev–Trinajstić information content (AvgIpc) is 4.17. The lowest BCUT2D eigenvalue weighted by Gasteiger charge is -2.09. The number of aromatic nitrogens is 2. The number of rotatable bonds is 13. The molecule has 2 fully saturated rings. The number of benzene rings is 6. The van der Waals surface area contributed by atoms with Gasteiger partial charge in [0, 0.05) is 23.3 Å². The zero-order chi connectivity index (χ0) is 37.8. The van der Waals surface area contributed by atoms with E-state index in [2.05, 4.69) is 0 Å². The second-order valence-corrected chi connectivity index (χ2v) is 13.1. The molecule has 10 rings (SSSR count). The summed E-state index contributed by atoms with van der Waals surface area (Å²) < 4.78 is 47.0. The third-order valence-corrected chi connectivity index (χ3v) is 9.03. The maximum atomic E-state index is 6.28. The molecule has 2 aromatic heterocycles. The van der Waals surface area contributed by atoms with Crippen LogP contribution in [0.2, 0.25) is 0 Å². The van der Waals surface area contributed by atoms with Gasteiger partial charge in [-0.3, -0.25) is 0 Å². The Morgan fingerprint density at radius 3 is 1.29 bits per heavy atom. The Kier molecular flexibility index (Phi) is 9.79. The maximum Gasteiger partial charge on any atom is 0.227 e. The van der Waals surface area contributed by atoms with Crippen LogP contribution in [0.4, 0.5) is 0 Å². The Hall–Kier alpha value is -6.62. The van der Waals surface area contributed by atoms with Gasteiger partial charge in [-0.2, -0.15) is 0 Å². The van der Waals surface area contributed by atoms with Crippen LogP contribution in [0.25, 0.3) is 56.2 Å². The van der Waals surface area contributed by atoms with Crippen molar-refractivity contribution in [3.8, 4) is 68.5 Å². The fourth-order valence-corrected chi connectivity index (χ4v) is 6.07. The van der Waals surface area contributed by atoms with E-state index in [1.165, 1.54) is 0 Å². The van der Waals surface area contributed by atoms with Gasteiger partial charge in [0.2, 0.25) is 11.8 Å². The zero-order valence-corrected chi connectivity index (χ0v) is 30.8. The van der Waals surface area contributed by atoms with E-state index in [1.54, 1.807) is 0 Å². The molecule has 0 aliphatic carbocycles. The molecule has 280 valence electrons. The van der Waals surface area contributed by atoms with E-state index in [1.807, 2.05) is 147 Å². The van der Waals surface area contributed by atoms with Crippen LogP contribution in [-0.4, -0.2) is 48.6 Å². The predicted molar refractivity (Wildman–Crippen MR) is 213 cm³/mol. The van der Waals surface area contributed by atoms with E-state index in [4.69, 9.17) is 47.2 Å². The van der Waals surface area contributed by atoms with Crippen LogP contribution in [0.15, 0.2) is 142 Å². The lowest BCUT2D eigenvalue weighted by molar-refractivity contribution is 0.262. The lowest BCUT2D eigenvalue weighted by Crippen LogP contribution is -2.03. The monoisotopic (exact) mass is 746 g/mol. The van der Waals surface area contributed by atoms with Gasteiger partial charge in [0.25, 0.3) is 0 Å². The first-order valence-corrected chi connectivity index (χ1v) is 18.7. The van der Waals surface area contributed by atoms with Gasteiger partial charge in [-0.1, -0.05) is 50.2 Å². The van der Waals surface area contributed by atoms with Crippen molar-refractivity contribution in [1.29, 1.82) is 0 Å². The molecule has 0 saturated carbocycles. The van der Waals surface area contributed by atoms with Crippen molar-refractivity contribution in [3.05, 3.63) is 133 Å². The number of fused-ring (bicyclic) bond motifs is 2. The molecule has 0 bridgehead atoms. The Labute approximate surface area is 323 Å². The predicted octanol–water partition coefficient (Wildman–Crippen LogP) is 11.1. The molecule has 0 radical (unpaired) electrons. The van der Waals surface area contributed by atoms with Crippen molar-refractivity contribution >= 4 is 22.2 Å². The highest BCUT2D eigenvalue weighted by molar-refractivity contribution is 5.86. The van der Waals surface area contributed by atoms with Crippen molar-refractivity contribution in [3.63, 3.8) is 0 Å². The Bertz CT molecular complexity index is 2440. The second-order valence-electron chi connectivity index (χ2n) is 13.1. The topological polar surface area (TPSA) is 114 Å². The third-order valence-electron chi connectivity index (χ3n) is 9.03. The van der Waals surface area contributed by atoms with Crippen molar-refractivity contribution in [2.45, 2.75) is 26.1 Å². The minimum Gasteiger partial charge on any atom is -0.491 e. The van der Waals surface area contributed by atoms with Crippen molar-refractivity contribution in [2.24, 2.45) is 0 Å². The first-order chi connectivity index (χ1) is 27.6. The second kappa shape index (κ2) is 15.6. The molecule has 2 aliphatic heterocycles. The van der Waals surface area contributed by atoms with Gasteiger partial charge in [0.1, 0.15) is 71.0 Å². The minimum atomic E-state index is 0.185. The summed E-state index contributed by atoms with van der Waals surface area (Å²) in [5.41, 5.74) is 6.37. The molecule has 8 aromatic rings. The number of nitrogens with zero attached hydrogens (tertiary/aromatic N) is 2. The summed E-state index contributed by atoms with van der Waals surface area (Å²) in [6.07, 6.45) is 0.369. The summed E-state index contributed by atoms with van der Waals surface area (Å²) in [6, 6.07) is 42.4. The highest BCUT2D eigenvalue weighted by atomic mass is 16.6. The van der Waals surface area contributed by atoms with Crippen LogP contribution in [-0.2, 0) is 9.47 Å². The molecule has 0 amide bonds. The summed E-state index contributed by atoms with van der Waals surface area (Å²) >= 11 is 0. The Morgan fingerprint density at radius 1 is 0.464 bits per heavy atom. The minimum absolute atomic E-state index is 0.185. The molecule has 2 atom stereocenters. The van der Waals surface area contributed by atoms with Crippen molar-refractivity contribution in [1.82, 2.24) is 9.97 Å². The van der Waals surface area contributed by atoms with Crippen LogP contribution >= 0.6 is 0 Å². The summed E-state index contributed by atoms with van der Waals surface area (Å²) in [6.45, 7) is 6.56. The van der Waals surface area contributed by atoms with Gasteiger partial charge in [-0.05, 0) is 96.1 Å².